The highest BCUT2D eigenvalue weighted by Gasteiger charge is 2.46. The predicted molar refractivity (Wildman–Crippen MR) is 129 cm³/mol. The van der Waals surface area contributed by atoms with E-state index < -0.39 is 18.1 Å². The number of hydrogen-bond donors (Lipinski definition) is 1. The van der Waals surface area contributed by atoms with Crippen LogP contribution in [0.5, 0.6) is 11.5 Å². The molecule has 6 nitrogen and oxygen atoms in total. The lowest BCUT2D eigenvalue weighted by atomic mass is 9.87. The van der Waals surface area contributed by atoms with Crippen LogP contribution in [0.3, 0.4) is 0 Å². The van der Waals surface area contributed by atoms with Gasteiger partial charge in [-0.25, -0.2) is 0 Å². The highest BCUT2D eigenvalue weighted by molar-refractivity contribution is 5.90. The van der Waals surface area contributed by atoms with E-state index in [2.05, 4.69) is 5.32 Å². The maximum atomic E-state index is 13.4. The third kappa shape index (κ3) is 6.26. The summed E-state index contributed by atoms with van der Waals surface area (Å²) < 4.78 is 50.9. The van der Waals surface area contributed by atoms with Crippen molar-refractivity contribution in [3.05, 3.63) is 52.1 Å². The summed E-state index contributed by atoms with van der Waals surface area (Å²) in [5.41, 5.74) is 4.41. The van der Waals surface area contributed by atoms with E-state index >= 15 is 0 Å². The number of nitrogens with one attached hydrogen (secondary N) is 1. The van der Waals surface area contributed by atoms with E-state index in [0.29, 0.717) is 22.7 Å². The van der Waals surface area contributed by atoms with Crippen molar-refractivity contribution in [1.29, 1.82) is 0 Å². The summed E-state index contributed by atoms with van der Waals surface area (Å²) in [7, 11) is 2.94. The third-order valence-corrected chi connectivity index (χ3v) is 5.83. The molecule has 0 spiro atoms. The number of carbonyl (C=O) groups is 2. The molecule has 0 saturated carbocycles. The first-order valence-electron chi connectivity index (χ1n) is 11.5. The van der Waals surface area contributed by atoms with Gasteiger partial charge in [-0.05, 0) is 66.6 Å². The van der Waals surface area contributed by atoms with Gasteiger partial charge in [0.1, 0.15) is 0 Å². The summed E-state index contributed by atoms with van der Waals surface area (Å²) in [6.45, 7) is 8.99. The number of aryl methyl sites for hydroxylation is 2. The van der Waals surface area contributed by atoms with Gasteiger partial charge >= 0.3 is 12.1 Å². The first-order valence-corrected chi connectivity index (χ1v) is 11.5. The average molecular weight is 495 g/mol. The topological polar surface area (TPSA) is 67.9 Å². The molecule has 2 amide bonds. The largest absolute Gasteiger partial charge is 0.493 e. The van der Waals surface area contributed by atoms with Gasteiger partial charge in [0.15, 0.2) is 11.5 Å². The summed E-state index contributed by atoms with van der Waals surface area (Å²) in [6.07, 6.45) is -4.53. The maximum absolute atomic E-state index is 13.4. The van der Waals surface area contributed by atoms with Gasteiger partial charge in [0.25, 0.3) is 0 Å². The Bertz CT molecular complexity index is 1060. The maximum Gasteiger partial charge on any atom is 0.471 e. The number of halogens is 3. The Hall–Kier alpha value is -3.23. The summed E-state index contributed by atoms with van der Waals surface area (Å²) >= 11 is 0. The number of fused-ring (bicyclic) bond motifs is 1. The number of alkyl halides is 3. The molecular formula is C26H33F3N2O4. The molecule has 0 bridgehead atoms. The van der Waals surface area contributed by atoms with Crippen molar-refractivity contribution in [1.82, 2.24) is 4.90 Å². The lowest BCUT2D eigenvalue weighted by molar-refractivity contribution is -0.188. The van der Waals surface area contributed by atoms with Crippen LogP contribution in [0.1, 0.15) is 54.6 Å². The van der Waals surface area contributed by atoms with Gasteiger partial charge in [0, 0.05) is 19.2 Å². The van der Waals surface area contributed by atoms with E-state index in [0.717, 1.165) is 27.2 Å². The van der Waals surface area contributed by atoms with Gasteiger partial charge in [-0.1, -0.05) is 26.0 Å². The molecule has 2 aromatic carbocycles. The quantitative estimate of drug-likeness (QED) is 0.593. The fourth-order valence-corrected chi connectivity index (χ4v) is 4.42. The van der Waals surface area contributed by atoms with E-state index in [-0.39, 0.29) is 25.3 Å². The Morgan fingerprint density at radius 2 is 1.57 bits per heavy atom. The van der Waals surface area contributed by atoms with Crippen LogP contribution in [0.15, 0.2) is 24.3 Å². The molecule has 0 aliphatic carbocycles. The molecular weight excluding hydrogens is 461 g/mol. The number of amides is 2. The molecule has 0 radical (unpaired) electrons. The molecule has 0 fully saturated rings. The molecule has 1 aliphatic rings. The van der Waals surface area contributed by atoms with Gasteiger partial charge in [-0.2, -0.15) is 13.2 Å². The zero-order valence-electron chi connectivity index (χ0n) is 21.2. The summed E-state index contributed by atoms with van der Waals surface area (Å²) in [5.74, 6) is -1.21. The second-order valence-corrected chi connectivity index (χ2v) is 8.16. The molecule has 35 heavy (non-hydrogen) atoms. The average Bonchev–Trinajstić information content (AvgIpc) is 2.80. The molecule has 2 aromatic rings. The number of benzene rings is 2. The number of ether oxygens (including phenoxy) is 2. The fraction of sp³-hybridized carbons (Fsp3) is 0.462. The van der Waals surface area contributed by atoms with Crippen molar-refractivity contribution in [2.75, 3.05) is 26.1 Å². The van der Waals surface area contributed by atoms with Crippen LogP contribution in [0.2, 0.25) is 0 Å². The van der Waals surface area contributed by atoms with Gasteiger partial charge in [-0.3, -0.25) is 9.59 Å². The lowest BCUT2D eigenvalue weighted by Gasteiger charge is -2.38. The smallest absolute Gasteiger partial charge is 0.471 e. The molecule has 1 N–H and O–H groups in total. The van der Waals surface area contributed by atoms with Crippen molar-refractivity contribution >= 4 is 17.5 Å². The number of nitrogens with zero attached hydrogens (tertiary/aromatic N) is 1. The molecule has 192 valence electrons. The Morgan fingerprint density at radius 1 is 1.03 bits per heavy atom. The van der Waals surface area contributed by atoms with Gasteiger partial charge in [0.2, 0.25) is 5.91 Å². The zero-order chi connectivity index (χ0) is 26.5. The van der Waals surface area contributed by atoms with Gasteiger partial charge in [-0.15, -0.1) is 0 Å². The molecule has 1 unspecified atom stereocenters. The molecule has 3 rings (SSSR count). The van der Waals surface area contributed by atoms with Crippen LogP contribution < -0.4 is 14.8 Å². The molecule has 1 heterocycles. The van der Waals surface area contributed by atoms with E-state index in [1.54, 1.807) is 12.1 Å². The minimum absolute atomic E-state index is 0.0621. The third-order valence-electron chi connectivity index (χ3n) is 5.83. The summed E-state index contributed by atoms with van der Waals surface area (Å²) in [4.78, 5) is 24.7. The predicted octanol–water partition coefficient (Wildman–Crippen LogP) is 5.54. The van der Waals surface area contributed by atoms with Crippen LogP contribution in [0.4, 0.5) is 18.9 Å². The van der Waals surface area contributed by atoms with Gasteiger partial charge in [0.05, 0.1) is 20.3 Å². The number of carbonyl (C=O) groups excluding carboxylic acids is 2. The highest BCUT2D eigenvalue weighted by atomic mass is 19.4. The van der Waals surface area contributed by atoms with Crippen molar-refractivity contribution in [2.45, 2.75) is 59.7 Å². The van der Waals surface area contributed by atoms with Crippen molar-refractivity contribution in [2.24, 2.45) is 0 Å². The summed E-state index contributed by atoms with van der Waals surface area (Å²) in [5, 5.41) is 2.78. The normalized spacial score (nSPS) is 14.9. The number of methoxy groups -OCH3 is 2. The van der Waals surface area contributed by atoms with E-state index in [4.69, 9.17) is 9.47 Å². The standard InChI is InChI=1S/C24H27F3N2O4.C2H6/c1-13-8-16(9-14(2)22(13)28-15(3)30)10-19-18-12-21(33-5)20(32-4)11-17(18)6-7-29(19)23(31)24(25,26)27;1-2/h8-9,11-12,19H,6-7,10H2,1-5H3,(H,28,30);1-2H3. The fourth-order valence-electron chi connectivity index (χ4n) is 4.42. The minimum Gasteiger partial charge on any atom is -0.493 e. The molecule has 1 atom stereocenters. The van der Waals surface area contributed by atoms with E-state index in [1.165, 1.54) is 21.1 Å². The van der Waals surface area contributed by atoms with Crippen molar-refractivity contribution in [3.8, 4) is 11.5 Å². The van der Waals surface area contributed by atoms with Crippen LogP contribution >= 0.6 is 0 Å². The molecule has 9 heteroatoms. The van der Waals surface area contributed by atoms with Gasteiger partial charge < -0.3 is 19.7 Å². The van der Waals surface area contributed by atoms with Crippen LogP contribution in [0, 0.1) is 13.8 Å². The number of rotatable bonds is 5. The van der Waals surface area contributed by atoms with Crippen LogP contribution in [-0.4, -0.2) is 43.7 Å². The minimum atomic E-state index is -4.98. The molecule has 0 saturated heterocycles. The zero-order valence-corrected chi connectivity index (χ0v) is 21.2. The monoisotopic (exact) mass is 494 g/mol. The van der Waals surface area contributed by atoms with Crippen LogP contribution in [0.25, 0.3) is 0 Å². The SMILES string of the molecule is CC.COc1cc2c(cc1OC)C(Cc1cc(C)c(NC(C)=O)c(C)c1)N(C(=O)C(F)(F)F)CC2. The van der Waals surface area contributed by atoms with E-state index in [1.807, 2.05) is 39.8 Å². The first-order chi connectivity index (χ1) is 16.5. The number of hydrogen-bond acceptors (Lipinski definition) is 4. The molecule has 0 aromatic heterocycles. The Kier molecular flexibility index (Phi) is 9.18. The summed E-state index contributed by atoms with van der Waals surface area (Å²) in [6, 6.07) is 6.22. The van der Waals surface area contributed by atoms with Crippen LogP contribution in [-0.2, 0) is 22.4 Å². The Morgan fingerprint density at radius 3 is 2.06 bits per heavy atom. The van der Waals surface area contributed by atoms with Crippen molar-refractivity contribution in [3.63, 3.8) is 0 Å². The Labute approximate surface area is 204 Å². The second-order valence-electron chi connectivity index (χ2n) is 8.16. The lowest BCUT2D eigenvalue weighted by Crippen LogP contribution is -2.47. The Balaban J connectivity index is 0.00000210. The first kappa shape index (κ1) is 28.0. The van der Waals surface area contributed by atoms with E-state index in [9.17, 15) is 22.8 Å². The highest BCUT2D eigenvalue weighted by Crippen LogP contribution is 2.41. The van der Waals surface area contributed by atoms with Crippen molar-refractivity contribution < 1.29 is 32.2 Å². The number of anilines is 1. The molecule has 1 aliphatic heterocycles. The second kappa shape index (κ2) is 11.5.